The molecule has 0 bridgehead atoms. The van der Waals surface area contributed by atoms with E-state index in [0.717, 1.165) is 16.1 Å². The second-order valence-electron chi connectivity index (χ2n) is 4.98. The number of likely N-dealkylation sites (N-methyl/N-ethyl adjacent to an activating group) is 1. The van der Waals surface area contributed by atoms with E-state index in [2.05, 4.69) is 15.4 Å². The molecule has 1 atom stereocenters. The Kier molecular flexibility index (Phi) is 4.77. The summed E-state index contributed by atoms with van der Waals surface area (Å²) in [5.41, 5.74) is 1.02. The lowest BCUT2D eigenvalue weighted by Gasteiger charge is -2.22. The van der Waals surface area contributed by atoms with Gasteiger partial charge in [-0.15, -0.1) is 5.10 Å². The smallest absolute Gasteiger partial charge is 0.303 e. The summed E-state index contributed by atoms with van der Waals surface area (Å²) in [6.45, 7) is 1.83. The molecule has 0 fully saturated rings. The van der Waals surface area contributed by atoms with Crippen molar-refractivity contribution >= 4 is 10.0 Å². The van der Waals surface area contributed by atoms with Crippen molar-refractivity contribution in [2.75, 3.05) is 14.2 Å². The lowest BCUT2D eigenvalue weighted by Crippen LogP contribution is -2.37. The third-order valence-electron chi connectivity index (χ3n) is 3.41. The SMILES string of the molecule is COc1ccc(CC(C)N(C)S(=O)(=O)c2nnn(C)n2)cc1. The van der Waals surface area contributed by atoms with Crippen LogP contribution in [0, 0.1) is 0 Å². The van der Waals surface area contributed by atoms with Crippen molar-refractivity contribution in [1.29, 1.82) is 0 Å². The Balaban J connectivity index is 2.12. The highest BCUT2D eigenvalue weighted by atomic mass is 32.2. The van der Waals surface area contributed by atoms with Gasteiger partial charge in [0.2, 0.25) is 0 Å². The van der Waals surface area contributed by atoms with Crippen molar-refractivity contribution in [3.05, 3.63) is 29.8 Å². The summed E-state index contributed by atoms with van der Waals surface area (Å²) >= 11 is 0. The van der Waals surface area contributed by atoms with Gasteiger partial charge < -0.3 is 4.74 Å². The van der Waals surface area contributed by atoms with E-state index in [4.69, 9.17) is 4.74 Å². The highest BCUT2D eigenvalue weighted by molar-refractivity contribution is 7.88. The monoisotopic (exact) mass is 325 g/mol. The molecule has 2 aromatic rings. The number of aryl methyl sites for hydroxylation is 1. The number of hydrogen-bond donors (Lipinski definition) is 0. The minimum absolute atomic E-state index is 0.248. The third kappa shape index (κ3) is 3.42. The average molecular weight is 325 g/mol. The molecular formula is C13H19N5O3S. The summed E-state index contributed by atoms with van der Waals surface area (Å²) in [4.78, 5) is 1.12. The fraction of sp³-hybridized carbons (Fsp3) is 0.462. The van der Waals surface area contributed by atoms with Gasteiger partial charge in [0.25, 0.3) is 10.0 Å². The van der Waals surface area contributed by atoms with Crippen molar-refractivity contribution in [2.45, 2.75) is 24.5 Å². The predicted molar refractivity (Wildman–Crippen MR) is 79.9 cm³/mol. The number of ether oxygens (including phenoxy) is 1. The van der Waals surface area contributed by atoms with Gasteiger partial charge in [-0.05, 0) is 36.3 Å². The molecule has 0 aliphatic heterocycles. The minimum Gasteiger partial charge on any atom is -0.497 e. The molecule has 0 amide bonds. The number of hydrogen-bond acceptors (Lipinski definition) is 6. The van der Waals surface area contributed by atoms with E-state index in [1.165, 1.54) is 18.4 Å². The van der Waals surface area contributed by atoms with Gasteiger partial charge in [-0.25, -0.2) is 8.42 Å². The fourth-order valence-corrected chi connectivity index (χ4v) is 3.13. The van der Waals surface area contributed by atoms with Crippen LogP contribution in [0.3, 0.4) is 0 Å². The topological polar surface area (TPSA) is 90.2 Å². The first-order chi connectivity index (χ1) is 10.3. The third-order valence-corrected chi connectivity index (χ3v) is 5.15. The standard InChI is InChI=1S/C13H19N5O3S/c1-10(9-11-5-7-12(21-4)8-6-11)17(2)22(19,20)13-14-16-18(3)15-13/h5-8,10H,9H2,1-4H3. The number of rotatable bonds is 6. The van der Waals surface area contributed by atoms with Crippen LogP contribution in [-0.4, -0.2) is 53.1 Å². The summed E-state index contributed by atoms with van der Waals surface area (Å²) in [6, 6.07) is 7.27. The molecule has 0 aliphatic rings. The molecule has 1 heterocycles. The van der Waals surface area contributed by atoms with Crippen molar-refractivity contribution < 1.29 is 13.2 Å². The Morgan fingerprint density at radius 3 is 2.45 bits per heavy atom. The normalized spacial score (nSPS) is 13.3. The van der Waals surface area contributed by atoms with E-state index in [1.54, 1.807) is 7.11 Å². The molecule has 2 rings (SSSR count). The van der Waals surface area contributed by atoms with Gasteiger partial charge in [0.05, 0.1) is 14.2 Å². The molecule has 0 saturated heterocycles. The predicted octanol–water partition coefficient (Wildman–Crippen LogP) is 0.470. The Morgan fingerprint density at radius 1 is 1.32 bits per heavy atom. The van der Waals surface area contributed by atoms with Gasteiger partial charge in [-0.2, -0.15) is 9.10 Å². The first-order valence-electron chi connectivity index (χ1n) is 6.69. The number of sulfonamides is 1. The maximum Gasteiger partial charge on any atom is 0.303 e. The van der Waals surface area contributed by atoms with Gasteiger partial charge in [0.15, 0.2) is 0 Å². The van der Waals surface area contributed by atoms with Crippen molar-refractivity contribution in [3.8, 4) is 5.75 Å². The zero-order chi connectivity index (χ0) is 16.3. The lowest BCUT2D eigenvalue weighted by molar-refractivity contribution is 0.382. The Morgan fingerprint density at radius 2 is 1.95 bits per heavy atom. The summed E-state index contributed by atoms with van der Waals surface area (Å²) in [7, 11) is 0.890. The number of nitrogens with zero attached hydrogens (tertiary/aromatic N) is 5. The highest BCUT2D eigenvalue weighted by Crippen LogP contribution is 2.17. The van der Waals surface area contributed by atoms with E-state index >= 15 is 0 Å². The molecule has 0 N–H and O–H groups in total. The number of benzene rings is 1. The molecule has 22 heavy (non-hydrogen) atoms. The molecule has 0 aliphatic carbocycles. The molecular weight excluding hydrogens is 306 g/mol. The second kappa shape index (κ2) is 6.41. The van der Waals surface area contributed by atoms with E-state index < -0.39 is 10.0 Å². The van der Waals surface area contributed by atoms with Crippen LogP contribution in [0.5, 0.6) is 5.75 Å². The molecule has 1 aromatic carbocycles. The number of methoxy groups -OCH3 is 1. The summed E-state index contributed by atoms with van der Waals surface area (Å²) in [6.07, 6.45) is 0.569. The molecule has 8 nitrogen and oxygen atoms in total. The van der Waals surface area contributed by atoms with Crippen LogP contribution in [0.1, 0.15) is 12.5 Å². The van der Waals surface area contributed by atoms with Crippen LogP contribution < -0.4 is 4.74 Å². The zero-order valence-electron chi connectivity index (χ0n) is 13.0. The van der Waals surface area contributed by atoms with E-state index in [9.17, 15) is 8.42 Å². The molecule has 9 heteroatoms. The van der Waals surface area contributed by atoms with Crippen LogP contribution in [0.15, 0.2) is 29.4 Å². The van der Waals surface area contributed by atoms with Gasteiger partial charge in [-0.1, -0.05) is 17.2 Å². The van der Waals surface area contributed by atoms with Gasteiger partial charge >= 0.3 is 5.16 Å². The second-order valence-corrected chi connectivity index (χ2v) is 6.88. The average Bonchev–Trinajstić information content (AvgIpc) is 2.94. The summed E-state index contributed by atoms with van der Waals surface area (Å²) in [5.74, 6) is 0.765. The Bertz CT molecular complexity index is 726. The molecule has 1 aromatic heterocycles. The minimum atomic E-state index is -3.75. The molecule has 120 valence electrons. The van der Waals surface area contributed by atoms with Crippen molar-refractivity contribution in [2.24, 2.45) is 7.05 Å². The molecule has 1 unspecified atom stereocenters. The van der Waals surface area contributed by atoms with Gasteiger partial charge in [-0.3, -0.25) is 0 Å². The lowest BCUT2D eigenvalue weighted by atomic mass is 10.1. The Hall–Kier alpha value is -2.00. The van der Waals surface area contributed by atoms with Crippen LogP contribution in [0.4, 0.5) is 0 Å². The largest absolute Gasteiger partial charge is 0.497 e. The molecule has 0 radical (unpaired) electrons. The highest BCUT2D eigenvalue weighted by Gasteiger charge is 2.29. The van der Waals surface area contributed by atoms with Gasteiger partial charge in [0, 0.05) is 13.1 Å². The van der Waals surface area contributed by atoms with Crippen LogP contribution >= 0.6 is 0 Å². The zero-order valence-corrected chi connectivity index (χ0v) is 13.8. The van der Waals surface area contributed by atoms with Crippen molar-refractivity contribution in [1.82, 2.24) is 24.5 Å². The maximum absolute atomic E-state index is 12.4. The quantitative estimate of drug-likeness (QED) is 0.767. The summed E-state index contributed by atoms with van der Waals surface area (Å²) < 4.78 is 31.2. The maximum atomic E-state index is 12.4. The van der Waals surface area contributed by atoms with E-state index in [1.807, 2.05) is 31.2 Å². The van der Waals surface area contributed by atoms with Crippen LogP contribution in [0.25, 0.3) is 0 Å². The van der Waals surface area contributed by atoms with Crippen LogP contribution in [-0.2, 0) is 23.5 Å². The van der Waals surface area contributed by atoms with Crippen LogP contribution in [0.2, 0.25) is 0 Å². The molecule has 0 spiro atoms. The Labute approximate surface area is 129 Å². The van der Waals surface area contributed by atoms with E-state index in [0.29, 0.717) is 6.42 Å². The number of aromatic nitrogens is 4. The van der Waals surface area contributed by atoms with Crippen molar-refractivity contribution in [3.63, 3.8) is 0 Å². The first-order valence-corrected chi connectivity index (χ1v) is 8.13. The fourth-order valence-electron chi connectivity index (χ4n) is 1.97. The summed E-state index contributed by atoms with van der Waals surface area (Å²) in [5, 5.41) is 10.6. The van der Waals surface area contributed by atoms with E-state index in [-0.39, 0.29) is 11.2 Å². The first kappa shape index (κ1) is 16.4. The molecule has 0 saturated carbocycles. The van der Waals surface area contributed by atoms with Gasteiger partial charge in [0.1, 0.15) is 5.75 Å². The number of tetrazole rings is 1.